The van der Waals surface area contributed by atoms with Gasteiger partial charge in [0.1, 0.15) is 0 Å². The number of nitrogens with two attached hydrogens (primary N) is 1. The highest BCUT2D eigenvalue weighted by Crippen LogP contribution is 2.24. The molecule has 0 spiro atoms. The molecule has 0 fully saturated rings. The Bertz CT molecular complexity index is 496. The molecule has 0 saturated heterocycles. The molecule has 2 N–H and O–H groups in total. The van der Waals surface area contributed by atoms with Crippen molar-refractivity contribution in [2.24, 2.45) is 5.73 Å². The van der Waals surface area contributed by atoms with Gasteiger partial charge in [-0.25, -0.2) is 4.98 Å². The Morgan fingerprint density at radius 1 is 1.31 bits per heavy atom. The fraction of sp³-hybridized carbons (Fsp3) is 0.182. The maximum absolute atomic E-state index is 6.09. The predicted molar refractivity (Wildman–Crippen MR) is 69.3 cm³/mol. The van der Waals surface area contributed by atoms with Crippen LogP contribution < -0.4 is 5.73 Å². The van der Waals surface area contributed by atoms with E-state index in [4.69, 9.17) is 28.9 Å². The lowest BCUT2D eigenvalue weighted by molar-refractivity contribution is 0.982. The van der Waals surface area contributed by atoms with Gasteiger partial charge in [-0.15, -0.1) is 11.3 Å². The topological polar surface area (TPSA) is 38.9 Å². The Labute approximate surface area is 108 Å². The van der Waals surface area contributed by atoms with Crippen LogP contribution in [0.1, 0.15) is 16.3 Å². The van der Waals surface area contributed by atoms with E-state index in [0.29, 0.717) is 16.6 Å². The van der Waals surface area contributed by atoms with Crippen LogP contribution in [0.2, 0.25) is 10.0 Å². The molecule has 5 heteroatoms. The highest BCUT2D eigenvalue weighted by Gasteiger charge is 2.06. The van der Waals surface area contributed by atoms with E-state index in [-0.39, 0.29) is 0 Å². The van der Waals surface area contributed by atoms with Crippen LogP contribution >= 0.6 is 34.5 Å². The average Bonchev–Trinajstić information content (AvgIpc) is 2.70. The quantitative estimate of drug-likeness (QED) is 0.929. The largest absolute Gasteiger partial charge is 0.325 e. The maximum Gasteiger partial charge on any atom is 0.0973 e. The molecule has 0 aliphatic heterocycles. The molecule has 1 aromatic carbocycles. The fourth-order valence-electron chi connectivity index (χ4n) is 1.35. The molecule has 2 aromatic rings. The number of nitrogens with zero attached hydrogens (tertiary/aromatic N) is 1. The Hall–Kier alpha value is -0.610. The molecule has 84 valence electrons. The summed E-state index contributed by atoms with van der Waals surface area (Å²) in [6, 6.07) is 5.50. The van der Waals surface area contributed by atoms with E-state index in [1.54, 1.807) is 17.4 Å². The van der Waals surface area contributed by atoms with Gasteiger partial charge in [0.2, 0.25) is 0 Å². The van der Waals surface area contributed by atoms with Crippen LogP contribution in [0.5, 0.6) is 0 Å². The van der Waals surface area contributed by atoms with E-state index in [2.05, 4.69) is 4.98 Å². The number of thiazole rings is 1. The summed E-state index contributed by atoms with van der Waals surface area (Å²) in [5, 5.41) is 4.32. The van der Waals surface area contributed by atoms with Crippen molar-refractivity contribution < 1.29 is 0 Å². The van der Waals surface area contributed by atoms with Crippen molar-refractivity contribution in [3.05, 3.63) is 49.9 Å². The number of hydrogen-bond acceptors (Lipinski definition) is 3. The normalized spacial score (nSPS) is 10.7. The van der Waals surface area contributed by atoms with Gasteiger partial charge in [0.15, 0.2) is 0 Å². The summed E-state index contributed by atoms with van der Waals surface area (Å²) in [6.07, 6.45) is 0.723. The maximum atomic E-state index is 6.09. The molecule has 0 aliphatic rings. The van der Waals surface area contributed by atoms with Crippen molar-refractivity contribution in [1.29, 1.82) is 0 Å². The Morgan fingerprint density at radius 3 is 2.75 bits per heavy atom. The van der Waals surface area contributed by atoms with E-state index in [1.807, 2.05) is 17.5 Å². The number of benzene rings is 1. The molecule has 2 nitrogen and oxygen atoms in total. The lowest BCUT2D eigenvalue weighted by Gasteiger charge is -2.01. The molecule has 0 bridgehead atoms. The number of rotatable bonds is 3. The predicted octanol–water partition coefficient (Wildman–Crippen LogP) is 3.50. The van der Waals surface area contributed by atoms with Crippen molar-refractivity contribution >= 4 is 34.5 Å². The standard InChI is InChI=1S/C11H10Cl2N2S/c12-8-2-1-7(10(13)4-8)3-11-15-9(5-14)6-16-11/h1-2,4,6H,3,5,14H2. The molecule has 16 heavy (non-hydrogen) atoms. The Balaban J connectivity index is 2.20. The molecule has 0 aliphatic carbocycles. The second-order valence-electron chi connectivity index (χ2n) is 3.35. The van der Waals surface area contributed by atoms with Crippen molar-refractivity contribution in [2.75, 3.05) is 0 Å². The number of halogens is 2. The second-order valence-corrected chi connectivity index (χ2v) is 5.14. The SMILES string of the molecule is NCc1csc(Cc2ccc(Cl)cc2Cl)n1. The monoisotopic (exact) mass is 272 g/mol. The summed E-state index contributed by atoms with van der Waals surface area (Å²) in [5.41, 5.74) is 7.46. The van der Waals surface area contributed by atoms with E-state index in [9.17, 15) is 0 Å². The van der Waals surface area contributed by atoms with E-state index >= 15 is 0 Å². The third-order valence-corrected chi connectivity index (χ3v) is 3.65. The lowest BCUT2D eigenvalue weighted by Crippen LogP contribution is -1.97. The minimum Gasteiger partial charge on any atom is -0.325 e. The zero-order chi connectivity index (χ0) is 11.5. The first-order valence-corrected chi connectivity index (χ1v) is 6.40. The highest BCUT2D eigenvalue weighted by molar-refractivity contribution is 7.09. The summed E-state index contributed by atoms with van der Waals surface area (Å²) in [4.78, 5) is 4.39. The number of hydrogen-bond donors (Lipinski definition) is 1. The van der Waals surface area contributed by atoms with Crippen LogP contribution in [0.3, 0.4) is 0 Å². The molecule has 1 aromatic heterocycles. The van der Waals surface area contributed by atoms with Gasteiger partial charge in [-0.3, -0.25) is 0 Å². The molecule has 0 unspecified atom stereocenters. The van der Waals surface area contributed by atoms with Gasteiger partial charge >= 0.3 is 0 Å². The first-order chi connectivity index (χ1) is 7.69. The zero-order valence-electron chi connectivity index (χ0n) is 8.41. The van der Waals surface area contributed by atoms with Gasteiger partial charge in [-0.2, -0.15) is 0 Å². The van der Waals surface area contributed by atoms with Crippen molar-refractivity contribution in [1.82, 2.24) is 4.98 Å². The van der Waals surface area contributed by atoms with Crippen LogP contribution in [0, 0.1) is 0 Å². The minimum absolute atomic E-state index is 0.477. The van der Waals surface area contributed by atoms with Crippen LogP contribution in [0.4, 0.5) is 0 Å². The number of aromatic nitrogens is 1. The van der Waals surface area contributed by atoms with Gasteiger partial charge in [-0.1, -0.05) is 29.3 Å². The molecule has 0 amide bonds. The average molecular weight is 273 g/mol. The first-order valence-electron chi connectivity index (χ1n) is 4.76. The third-order valence-electron chi connectivity index (χ3n) is 2.17. The van der Waals surface area contributed by atoms with Gasteiger partial charge in [0.05, 0.1) is 10.7 Å². The highest BCUT2D eigenvalue weighted by atomic mass is 35.5. The van der Waals surface area contributed by atoms with Gasteiger partial charge in [0, 0.05) is 28.4 Å². The molecule has 0 atom stereocenters. The van der Waals surface area contributed by atoms with E-state index in [0.717, 1.165) is 22.7 Å². The molecule has 1 heterocycles. The van der Waals surface area contributed by atoms with Crippen LogP contribution in [0.15, 0.2) is 23.6 Å². The van der Waals surface area contributed by atoms with Crippen LogP contribution in [-0.4, -0.2) is 4.98 Å². The second kappa shape index (κ2) is 5.15. The van der Waals surface area contributed by atoms with E-state index < -0.39 is 0 Å². The first kappa shape index (κ1) is 11.9. The minimum atomic E-state index is 0.477. The fourth-order valence-corrected chi connectivity index (χ4v) is 2.66. The molecule has 0 radical (unpaired) electrons. The smallest absolute Gasteiger partial charge is 0.0973 e. The van der Waals surface area contributed by atoms with Crippen LogP contribution in [0.25, 0.3) is 0 Å². The molecular formula is C11H10Cl2N2S. The Kier molecular flexibility index (Phi) is 3.82. The summed E-state index contributed by atoms with van der Waals surface area (Å²) < 4.78 is 0. The summed E-state index contributed by atoms with van der Waals surface area (Å²) in [7, 11) is 0. The summed E-state index contributed by atoms with van der Waals surface area (Å²) in [6.45, 7) is 0.477. The summed E-state index contributed by atoms with van der Waals surface area (Å²) in [5.74, 6) is 0. The Morgan fingerprint density at radius 2 is 2.12 bits per heavy atom. The lowest BCUT2D eigenvalue weighted by atomic mass is 10.1. The van der Waals surface area contributed by atoms with Gasteiger partial charge in [0.25, 0.3) is 0 Å². The third kappa shape index (κ3) is 2.74. The summed E-state index contributed by atoms with van der Waals surface area (Å²) >= 11 is 13.5. The van der Waals surface area contributed by atoms with Gasteiger partial charge < -0.3 is 5.73 Å². The van der Waals surface area contributed by atoms with Crippen molar-refractivity contribution in [2.45, 2.75) is 13.0 Å². The van der Waals surface area contributed by atoms with Gasteiger partial charge in [-0.05, 0) is 17.7 Å². The van der Waals surface area contributed by atoms with Crippen LogP contribution in [-0.2, 0) is 13.0 Å². The van der Waals surface area contributed by atoms with Crippen molar-refractivity contribution in [3.63, 3.8) is 0 Å². The molecule has 0 saturated carbocycles. The zero-order valence-corrected chi connectivity index (χ0v) is 10.7. The van der Waals surface area contributed by atoms with E-state index in [1.165, 1.54) is 0 Å². The van der Waals surface area contributed by atoms with Crippen molar-refractivity contribution in [3.8, 4) is 0 Å². The molecule has 2 rings (SSSR count). The molecular weight excluding hydrogens is 263 g/mol.